The van der Waals surface area contributed by atoms with Gasteiger partial charge in [-0.3, -0.25) is 9.69 Å². The van der Waals surface area contributed by atoms with E-state index < -0.39 is 5.54 Å². The number of hydrogen-bond donors (Lipinski definition) is 1. The molecular formula is C14H18N2O2. The lowest BCUT2D eigenvalue weighted by molar-refractivity contribution is -0.134. The molecule has 1 aromatic carbocycles. The predicted octanol–water partition coefficient (Wildman–Crippen LogP) is 0.678. The van der Waals surface area contributed by atoms with Gasteiger partial charge in [-0.1, -0.05) is 6.07 Å². The maximum atomic E-state index is 12.5. The lowest BCUT2D eigenvalue weighted by Crippen LogP contribution is -2.63. The number of Topliss-reactive ketones (excluding diaryl/α,β-unsaturated/α-hetero) is 1. The number of carbonyl (C=O) groups is 1. The highest BCUT2D eigenvalue weighted by atomic mass is 16.5. The van der Waals surface area contributed by atoms with E-state index in [0.29, 0.717) is 6.42 Å². The summed E-state index contributed by atoms with van der Waals surface area (Å²) in [5.74, 6) is 0.917. The minimum Gasteiger partial charge on any atom is -0.497 e. The molecule has 0 unspecified atom stereocenters. The monoisotopic (exact) mass is 246 g/mol. The Morgan fingerprint density at radius 3 is 3.00 bits per heavy atom. The van der Waals surface area contributed by atoms with E-state index in [9.17, 15) is 4.79 Å². The van der Waals surface area contributed by atoms with Gasteiger partial charge in [0.05, 0.1) is 13.2 Å². The topological polar surface area (TPSA) is 55.6 Å². The van der Waals surface area contributed by atoms with Crippen LogP contribution in [0.3, 0.4) is 0 Å². The summed E-state index contributed by atoms with van der Waals surface area (Å²) in [7, 11) is 3.63. The summed E-state index contributed by atoms with van der Waals surface area (Å²) < 4.78 is 5.24. The highest BCUT2D eigenvalue weighted by Crippen LogP contribution is 2.39. The van der Waals surface area contributed by atoms with Crippen LogP contribution in [0.15, 0.2) is 18.2 Å². The van der Waals surface area contributed by atoms with Gasteiger partial charge in [0.25, 0.3) is 0 Å². The Morgan fingerprint density at radius 1 is 1.50 bits per heavy atom. The minimum atomic E-state index is -0.820. The van der Waals surface area contributed by atoms with Crippen molar-refractivity contribution in [2.45, 2.75) is 24.4 Å². The van der Waals surface area contributed by atoms with Gasteiger partial charge >= 0.3 is 0 Å². The lowest BCUT2D eigenvalue weighted by Gasteiger charge is -2.46. The Balaban J connectivity index is 2.16. The van der Waals surface area contributed by atoms with Gasteiger partial charge in [-0.25, -0.2) is 0 Å². The summed E-state index contributed by atoms with van der Waals surface area (Å²) in [5, 5.41) is 0. The molecule has 4 nitrogen and oxygen atoms in total. The zero-order valence-electron chi connectivity index (χ0n) is 10.8. The normalized spacial score (nSPS) is 31.1. The molecule has 1 heterocycles. The van der Waals surface area contributed by atoms with Crippen LogP contribution in [0, 0.1) is 0 Å². The number of nitrogens with zero attached hydrogens (tertiary/aromatic N) is 1. The van der Waals surface area contributed by atoms with Crippen molar-refractivity contribution in [1.29, 1.82) is 0 Å². The van der Waals surface area contributed by atoms with Gasteiger partial charge in [0.15, 0.2) is 5.78 Å². The standard InChI is InChI=1S/C14H18N2O2/c1-16-6-5-14(15)11-8-10(18-2)4-3-9(11)7-12(16)13(14)17/h3-4,8,12H,5-7,15H2,1-2H3/t12-,14-/m1/s1. The van der Waals surface area contributed by atoms with Gasteiger partial charge < -0.3 is 10.5 Å². The van der Waals surface area contributed by atoms with Crippen LogP contribution in [0.25, 0.3) is 0 Å². The van der Waals surface area contributed by atoms with Crippen LogP contribution in [0.1, 0.15) is 17.5 Å². The van der Waals surface area contributed by atoms with Crippen LogP contribution in [0.2, 0.25) is 0 Å². The van der Waals surface area contributed by atoms with Crippen molar-refractivity contribution >= 4 is 5.78 Å². The average molecular weight is 246 g/mol. The highest BCUT2D eigenvalue weighted by Gasteiger charge is 2.49. The summed E-state index contributed by atoms with van der Waals surface area (Å²) in [4.78, 5) is 14.6. The molecule has 2 atom stereocenters. The van der Waals surface area contributed by atoms with E-state index >= 15 is 0 Å². The number of likely N-dealkylation sites (N-methyl/N-ethyl adjacent to an activating group) is 1. The van der Waals surface area contributed by atoms with Crippen molar-refractivity contribution in [1.82, 2.24) is 4.90 Å². The second kappa shape index (κ2) is 3.80. The third-order valence-corrected chi connectivity index (χ3v) is 4.34. The number of fused-ring (bicyclic) bond motifs is 4. The average Bonchev–Trinajstić information content (AvgIpc) is 2.38. The Labute approximate surface area is 107 Å². The molecule has 96 valence electrons. The molecule has 2 N–H and O–H groups in total. The Kier molecular flexibility index (Phi) is 2.47. The van der Waals surface area contributed by atoms with E-state index in [1.807, 2.05) is 25.2 Å². The zero-order chi connectivity index (χ0) is 12.9. The van der Waals surface area contributed by atoms with Crippen molar-refractivity contribution in [3.63, 3.8) is 0 Å². The molecule has 0 amide bonds. The molecule has 2 aliphatic rings. The van der Waals surface area contributed by atoms with Gasteiger partial charge in [-0.15, -0.1) is 0 Å². The number of methoxy groups -OCH3 is 1. The molecule has 2 bridgehead atoms. The first-order chi connectivity index (χ1) is 8.56. The molecule has 3 rings (SSSR count). The van der Waals surface area contributed by atoms with E-state index in [0.717, 1.165) is 24.3 Å². The van der Waals surface area contributed by atoms with Crippen molar-refractivity contribution in [3.8, 4) is 5.75 Å². The van der Waals surface area contributed by atoms with Gasteiger partial charge in [0.2, 0.25) is 0 Å². The molecule has 4 heteroatoms. The van der Waals surface area contributed by atoms with E-state index in [2.05, 4.69) is 4.90 Å². The van der Waals surface area contributed by atoms with Crippen LogP contribution >= 0.6 is 0 Å². The molecule has 1 saturated heterocycles. The Hall–Kier alpha value is -1.39. The van der Waals surface area contributed by atoms with E-state index in [-0.39, 0.29) is 11.8 Å². The first kappa shape index (κ1) is 11.7. The van der Waals surface area contributed by atoms with Crippen molar-refractivity contribution in [2.24, 2.45) is 5.73 Å². The van der Waals surface area contributed by atoms with Crippen molar-refractivity contribution in [3.05, 3.63) is 29.3 Å². The first-order valence-electron chi connectivity index (χ1n) is 6.27. The number of carbonyl (C=O) groups excluding carboxylic acids is 1. The molecule has 0 aromatic heterocycles. The summed E-state index contributed by atoms with van der Waals surface area (Å²) in [6.07, 6.45) is 1.44. The zero-order valence-corrected chi connectivity index (χ0v) is 10.8. The molecule has 1 aromatic rings. The highest BCUT2D eigenvalue weighted by molar-refractivity contribution is 5.96. The number of rotatable bonds is 1. The maximum Gasteiger partial charge on any atom is 0.174 e. The van der Waals surface area contributed by atoms with Gasteiger partial charge in [-0.05, 0) is 43.1 Å². The molecule has 1 aliphatic carbocycles. The molecule has 0 saturated carbocycles. The number of nitrogens with two attached hydrogens (primary N) is 1. The van der Waals surface area contributed by atoms with E-state index in [1.54, 1.807) is 7.11 Å². The summed E-state index contributed by atoms with van der Waals surface area (Å²) in [5.41, 5.74) is 7.72. The van der Waals surface area contributed by atoms with Gasteiger partial charge in [0.1, 0.15) is 11.3 Å². The summed E-state index contributed by atoms with van der Waals surface area (Å²) in [6, 6.07) is 5.83. The minimum absolute atomic E-state index is 0.0651. The first-order valence-corrected chi connectivity index (χ1v) is 6.27. The molecule has 0 radical (unpaired) electrons. The third-order valence-electron chi connectivity index (χ3n) is 4.34. The fourth-order valence-electron chi connectivity index (χ4n) is 3.13. The largest absolute Gasteiger partial charge is 0.497 e. The number of ketones is 1. The number of benzene rings is 1. The Bertz CT molecular complexity index is 515. The van der Waals surface area contributed by atoms with Crippen molar-refractivity contribution < 1.29 is 9.53 Å². The molecule has 0 spiro atoms. The van der Waals surface area contributed by atoms with Crippen LogP contribution < -0.4 is 10.5 Å². The van der Waals surface area contributed by atoms with Crippen LogP contribution in [0.4, 0.5) is 0 Å². The fraction of sp³-hybridized carbons (Fsp3) is 0.500. The predicted molar refractivity (Wildman–Crippen MR) is 68.6 cm³/mol. The van der Waals surface area contributed by atoms with E-state index in [1.165, 1.54) is 5.56 Å². The molecule has 1 aliphatic heterocycles. The smallest absolute Gasteiger partial charge is 0.174 e. The molecule has 18 heavy (non-hydrogen) atoms. The van der Waals surface area contributed by atoms with Crippen LogP contribution in [-0.2, 0) is 16.8 Å². The van der Waals surface area contributed by atoms with Gasteiger partial charge in [0, 0.05) is 6.54 Å². The number of likely N-dealkylation sites (tertiary alicyclic amines) is 1. The SMILES string of the molecule is COc1ccc2c(c1)[C@]1(N)CCN(C)[C@H](C2)C1=O. The maximum absolute atomic E-state index is 12.5. The number of ether oxygens (including phenoxy) is 1. The van der Waals surface area contributed by atoms with E-state index in [4.69, 9.17) is 10.5 Å². The second-order valence-electron chi connectivity index (χ2n) is 5.31. The quantitative estimate of drug-likeness (QED) is 0.791. The Morgan fingerprint density at radius 2 is 2.28 bits per heavy atom. The number of hydrogen-bond acceptors (Lipinski definition) is 4. The van der Waals surface area contributed by atoms with Crippen molar-refractivity contribution in [2.75, 3.05) is 20.7 Å². The van der Waals surface area contributed by atoms with Crippen LogP contribution in [0.5, 0.6) is 5.75 Å². The molecular weight excluding hydrogens is 228 g/mol. The van der Waals surface area contributed by atoms with Gasteiger partial charge in [-0.2, -0.15) is 0 Å². The summed E-state index contributed by atoms with van der Waals surface area (Å²) in [6.45, 7) is 0.865. The second-order valence-corrected chi connectivity index (χ2v) is 5.31. The van der Waals surface area contributed by atoms with Crippen LogP contribution in [-0.4, -0.2) is 37.4 Å². The fourth-order valence-corrected chi connectivity index (χ4v) is 3.13. The lowest BCUT2D eigenvalue weighted by atomic mass is 9.69. The third kappa shape index (κ3) is 1.42. The molecule has 1 fully saturated rings. The number of piperidine rings is 1. The summed E-state index contributed by atoms with van der Waals surface area (Å²) >= 11 is 0.